The Bertz CT molecular complexity index is 728. The van der Waals surface area contributed by atoms with Gasteiger partial charge in [0.05, 0.1) is 0 Å². The smallest absolute Gasteiger partial charge is 0.193 e. The van der Waals surface area contributed by atoms with Crippen LogP contribution < -0.4 is 5.32 Å². The molecule has 2 aromatic rings. The van der Waals surface area contributed by atoms with Crippen molar-refractivity contribution < 1.29 is 9.15 Å². The summed E-state index contributed by atoms with van der Waals surface area (Å²) in [6, 6.07) is 10.3. The highest BCUT2D eigenvalue weighted by Crippen LogP contribution is 2.39. The lowest BCUT2D eigenvalue weighted by Gasteiger charge is -2.33. The summed E-state index contributed by atoms with van der Waals surface area (Å²) in [6.45, 7) is 7.80. The van der Waals surface area contributed by atoms with Gasteiger partial charge in [-0.3, -0.25) is 4.99 Å². The van der Waals surface area contributed by atoms with Crippen molar-refractivity contribution in [3.05, 3.63) is 36.1 Å². The average molecular weight is 355 g/mol. The van der Waals surface area contributed by atoms with Crippen LogP contribution in [0.4, 0.5) is 0 Å². The first kappa shape index (κ1) is 17.4. The molecule has 0 unspecified atom stereocenters. The summed E-state index contributed by atoms with van der Waals surface area (Å²) in [5, 5.41) is 4.64. The molecule has 0 saturated carbocycles. The molecule has 1 aromatic heterocycles. The fraction of sp³-hybridized carbons (Fsp3) is 0.571. The van der Waals surface area contributed by atoms with Crippen LogP contribution in [0, 0.1) is 5.41 Å². The quantitative estimate of drug-likeness (QED) is 0.674. The zero-order valence-corrected chi connectivity index (χ0v) is 15.7. The SMILES string of the molecule is CCNC(=NCCc1cc2ccccc2o1)N1CCC2(CCOCC2)C1. The van der Waals surface area contributed by atoms with E-state index in [1.54, 1.807) is 0 Å². The molecule has 0 atom stereocenters. The van der Waals surface area contributed by atoms with Gasteiger partial charge < -0.3 is 19.4 Å². The summed E-state index contributed by atoms with van der Waals surface area (Å²) < 4.78 is 11.5. The standard InChI is InChI=1S/C21H29N3O2/c1-2-22-20(24-12-8-21(16-24)9-13-25-14-10-21)23-11-7-18-15-17-5-3-4-6-19(17)26-18/h3-6,15H,2,7-14,16H2,1H3,(H,22,23). The molecule has 2 aliphatic heterocycles. The first-order chi connectivity index (χ1) is 12.8. The number of benzene rings is 1. The van der Waals surface area contributed by atoms with Gasteiger partial charge in [-0.2, -0.15) is 0 Å². The van der Waals surface area contributed by atoms with Crippen LogP contribution in [0.15, 0.2) is 39.7 Å². The molecular weight excluding hydrogens is 326 g/mol. The highest BCUT2D eigenvalue weighted by atomic mass is 16.5. The molecule has 2 aliphatic rings. The average Bonchev–Trinajstić information content (AvgIpc) is 3.26. The molecule has 1 spiro atoms. The predicted octanol–water partition coefficient (Wildman–Crippen LogP) is 3.44. The van der Waals surface area contributed by atoms with Crippen LogP contribution in [-0.2, 0) is 11.2 Å². The number of hydrogen-bond acceptors (Lipinski definition) is 3. The van der Waals surface area contributed by atoms with Gasteiger partial charge in [0.25, 0.3) is 0 Å². The van der Waals surface area contributed by atoms with E-state index in [1.165, 1.54) is 24.6 Å². The van der Waals surface area contributed by atoms with Gasteiger partial charge in [-0.1, -0.05) is 18.2 Å². The Morgan fingerprint density at radius 3 is 2.88 bits per heavy atom. The van der Waals surface area contributed by atoms with Crippen LogP contribution in [0.1, 0.15) is 31.9 Å². The third-order valence-corrected chi connectivity index (χ3v) is 5.72. The van der Waals surface area contributed by atoms with E-state index in [1.807, 2.05) is 18.2 Å². The lowest BCUT2D eigenvalue weighted by atomic mass is 9.80. The minimum Gasteiger partial charge on any atom is -0.461 e. The number of para-hydroxylation sites is 1. The van der Waals surface area contributed by atoms with E-state index >= 15 is 0 Å². The number of nitrogens with one attached hydrogen (secondary N) is 1. The number of likely N-dealkylation sites (tertiary alicyclic amines) is 1. The number of nitrogens with zero attached hydrogens (tertiary/aromatic N) is 2. The van der Waals surface area contributed by atoms with Crippen LogP contribution >= 0.6 is 0 Å². The molecular formula is C21H29N3O2. The number of guanidine groups is 1. The van der Waals surface area contributed by atoms with E-state index < -0.39 is 0 Å². The van der Waals surface area contributed by atoms with Crippen molar-refractivity contribution in [2.24, 2.45) is 10.4 Å². The van der Waals surface area contributed by atoms with Crippen LogP contribution in [0.3, 0.4) is 0 Å². The fourth-order valence-electron chi connectivity index (χ4n) is 4.19. The van der Waals surface area contributed by atoms with Crippen LogP contribution in [0.2, 0.25) is 0 Å². The summed E-state index contributed by atoms with van der Waals surface area (Å²) in [6.07, 6.45) is 4.45. The van der Waals surface area contributed by atoms with Gasteiger partial charge in [-0.05, 0) is 43.7 Å². The highest BCUT2D eigenvalue weighted by Gasteiger charge is 2.40. The van der Waals surface area contributed by atoms with Gasteiger partial charge in [0.2, 0.25) is 0 Å². The van der Waals surface area contributed by atoms with Crippen molar-refractivity contribution in [1.82, 2.24) is 10.2 Å². The van der Waals surface area contributed by atoms with E-state index in [4.69, 9.17) is 14.1 Å². The molecule has 2 saturated heterocycles. The van der Waals surface area contributed by atoms with E-state index in [-0.39, 0.29) is 0 Å². The zero-order chi connectivity index (χ0) is 17.8. The van der Waals surface area contributed by atoms with Crippen molar-refractivity contribution in [2.75, 3.05) is 39.4 Å². The minimum absolute atomic E-state index is 0.438. The van der Waals surface area contributed by atoms with Crippen molar-refractivity contribution in [3.8, 4) is 0 Å². The maximum Gasteiger partial charge on any atom is 0.193 e. The fourth-order valence-corrected chi connectivity index (χ4v) is 4.19. The summed E-state index contributed by atoms with van der Waals surface area (Å²) in [5.41, 5.74) is 1.40. The Balaban J connectivity index is 1.39. The third-order valence-electron chi connectivity index (χ3n) is 5.72. The molecule has 0 amide bonds. The topological polar surface area (TPSA) is 50.0 Å². The third kappa shape index (κ3) is 3.73. The monoisotopic (exact) mass is 355 g/mol. The molecule has 5 heteroatoms. The van der Waals surface area contributed by atoms with Crippen LogP contribution in [0.25, 0.3) is 11.0 Å². The van der Waals surface area contributed by atoms with E-state index in [0.717, 1.165) is 63.1 Å². The number of rotatable bonds is 4. The Morgan fingerprint density at radius 2 is 2.08 bits per heavy atom. The normalized spacial score (nSPS) is 20.2. The summed E-state index contributed by atoms with van der Waals surface area (Å²) in [4.78, 5) is 7.32. The highest BCUT2D eigenvalue weighted by molar-refractivity contribution is 5.80. The second kappa shape index (κ2) is 7.70. The number of aliphatic imine (C=N–C) groups is 1. The van der Waals surface area contributed by atoms with E-state index in [0.29, 0.717) is 5.41 Å². The predicted molar refractivity (Wildman–Crippen MR) is 105 cm³/mol. The van der Waals surface area contributed by atoms with Crippen molar-refractivity contribution in [3.63, 3.8) is 0 Å². The molecule has 26 heavy (non-hydrogen) atoms. The maximum absolute atomic E-state index is 5.91. The van der Waals surface area contributed by atoms with Gasteiger partial charge in [0.15, 0.2) is 5.96 Å². The van der Waals surface area contributed by atoms with Gasteiger partial charge >= 0.3 is 0 Å². The Hall–Kier alpha value is -2.01. The molecule has 2 fully saturated rings. The second-order valence-corrected chi connectivity index (χ2v) is 7.52. The molecule has 5 nitrogen and oxygen atoms in total. The van der Waals surface area contributed by atoms with E-state index in [2.05, 4.69) is 29.3 Å². The molecule has 1 N–H and O–H groups in total. The van der Waals surface area contributed by atoms with Crippen molar-refractivity contribution in [1.29, 1.82) is 0 Å². The maximum atomic E-state index is 5.91. The van der Waals surface area contributed by atoms with Crippen LogP contribution in [0.5, 0.6) is 0 Å². The minimum atomic E-state index is 0.438. The largest absolute Gasteiger partial charge is 0.461 e. The molecule has 3 heterocycles. The summed E-state index contributed by atoms with van der Waals surface area (Å²) in [7, 11) is 0. The van der Waals surface area contributed by atoms with Gasteiger partial charge in [0, 0.05) is 51.2 Å². The number of hydrogen-bond donors (Lipinski definition) is 1. The Kier molecular flexibility index (Phi) is 5.16. The van der Waals surface area contributed by atoms with E-state index in [9.17, 15) is 0 Å². The number of fused-ring (bicyclic) bond motifs is 1. The Labute approximate surface area is 155 Å². The lowest BCUT2D eigenvalue weighted by molar-refractivity contribution is 0.0217. The molecule has 0 aliphatic carbocycles. The first-order valence-electron chi connectivity index (χ1n) is 9.86. The van der Waals surface area contributed by atoms with Crippen LogP contribution in [-0.4, -0.2) is 50.3 Å². The molecule has 4 rings (SSSR count). The molecule has 0 bridgehead atoms. The first-order valence-corrected chi connectivity index (χ1v) is 9.86. The van der Waals surface area contributed by atoms with Gasteiger partial charge in [0.1, 0.15) is 11.3 Å². The van der Waals surface area contributed by atoms with Crippen molar-refractivity contribution in [2.45, 2.75) is 32.6 Å². The van der Waals surface area contributed by atoms with Gasteiger partial charge in [-0.15, -0.1) is 0 Å². The molecule has 1 aromatic carbocycles. The second-order valence-electron chi connectivity index (χ2n) is 7.52. The number of ether oxygens (including phenoxy) is 1. The Morgan fingerprint density at radius 1 is 1.23 bits per heavy atom. The number of furan rings is 1. The molecule has 140 valence electrons. The van der Waals surface area contributed by atoms with Crippen molar-refractivity contribution >= 4 is 16.9 Å². The summed E-state index contributed by atoms with van der Waals surface area (Å²) >= 11 is 0. The van der Waals surface area contributed by atoms with Gasteiger partial charge in [-0.25, -0.2) is 0 Å². The molecule has 0 radical (unpaired) electrons. The summed E-state index contributed by atoms with van der Waals surface area (Å²) in [5.74, 6) is 2.06. The zero-order valence-electron chi connectivity index (χ0n) is 15.7. The lowest BCUT2D eigenvalue weighted by Crippen LogP contribution is -2.42.